The fourth-order valence-corrected chi connectivity index (χ4v) is 4.62. The van der Waals surface area contributed by atoms with Crippen LogP contribution in [0.1, 0.15) is 31.6 Å². The fraction of sp³-hybridized carbons (Fsp3) is 0.526. The van der Waals surface area contributed by atoms with Crippen molar-refractivity contribution in [2.45, 2.75) is 43.6 Å². The Kier molecular flexibility index (Phi) is 5.52. The molecule has 4 rings (SSSR count). The number of fused-ring (bicyclic) bond motifs is 2. The molecule has 144 valence electrons. The summed E-state index contributed by atoms with van der Waals surface area (Å²) < 4.78 is 16.4. The lowest BCUT2D eigenvalue weighted by atomic mass is 9.95. The molecule has 3 atom stereocenters. The summed E-state index contributed by atoms with van der Waals surface area (Å²) in [7, 11) is 1.59. The van der Waals surface area contributed by atoms with Crippen molar-refractivity contribution in [1.29, 1.82) is 0 Å². The minimum Gasteiger partial charge on any atom is -0.493 e. The van der Waals surface area contributed by atoms with Crippen LogP contribution in [0, 0.1) is 11.8 Å². The van der Waals surface area contributed by atoms with E-state index in [1.807, 2.05) is 24.3 Å². The molecule has 0 radical (unpaired) electrons. The van der Waals surface area contributed by atoms with E-state index in [1.165, 1.54) is 31.0 Å². The monoisotopic (exact) mass is 389 g/mol. The van der Waals surface area contributed by atoms with Gasteiger partial charge in [0.1, 0.15) is 0 Å². The summed E-state index contributed by atoms with van der Waals surface area (Å²) in [6.07, 6.45) is 4.98. The van der Waals surface area contributed by atoms with E-state index in [9.17, 15) is 4.79 Å². The molecule has 8 heteroatoms. The van der Waals surface area contributed by atoms with Crippen molar-refractivity contribution < 1.29 is 18.7 Å². The number of amides is 1. The van der Waals surface area contributed by atoms with Crippen LogP contribution in [0.5, 0.6) is 11.5 Å². The molecule has 0 spiro atoms. The van der Waals surface area contributed by atoms with Gasteiger partial charge in [0.2, 0.25) is 5.91 Å². The van der Waals surface area contributed by atoms with E-state index in [-0.39, 0.29) is 18.3 Å². The van der Waals surface area contributed by atoms with Crippen molar-refractivity contribution in [3.05, 3.63) is 30.2 Å². The SMILES string of the molecule is COc1ccccc1OCc1nnc(SCC(=O)N[C@H]2C[C@H]3CC[C@H]2C3)o1. The predicted molar refractivity (Wildman–Crippen MR) is 99.7 cm³/mol. The third-order valence-corrected chi connectivity index (χ3v) is 6.10. The Morgan fingerprint density at radius 3 is 2.85 bits per heavy atom. The lowest BCUT2D eigenvalue weighted by molar-refractivity contribution is -0.119. The van der Waals surface area contributed by atoms with Crippen LogP contribution < -0.4 is 14.8 Å². The maximum absolute atomic E-state index is 12.2. The molecule has 2 bridgehead atoms. The molecule has 2 fully saturated rings. The van der Waals surface area contributed by atoms with E-state index < -0.39 is 0 Å². The summed E-state index contributed by atoms with van der Waals surface area (Å²) in [5, 5.41) is 11.5. The number of para-hydroxylation sites is 2. The number of rotatable bonds is 8. The Morgan fingerprint density at radius 2 is 2.11 bits per heavy atom. The van der Waals surface area contributed by atoms with E-state index in [0.717, 1.165) is 12.3 Å². The predicted octanol–water partition coefficient (Wildman–Crippen LogP) is 3.05. The highest BCUT2D eigenvalue weighted by Gasteiger charge is 2.40. The van der Waals surface area contributed by atoms with Crippen LogP contribution >= 0.6 is 11.8 Å². The molecule has 2 aliphatic rings. The van der Waals surface area contributed by atoms with Gasteiger partial charge in [-0.1, -0.05) is 30.3 Å². The quantitative estimate of drug-likeness (QED) is 0.694. The first kappa shape index (κ1) is 18.2. The van der Waals surface area contributed by atoms with Crippen LogP contribution in [0.25, 0.3) is 0 Å². The highest BCUT2D eigenvalue weighted by molar-refractivity contribution is 7.99. The number of carbonyl (C=O) groups is 1. The van der Waals surface area contributed by atoms with Crippen LogP contribution in [0.15, 0.2) is 33.9 Å². The number of aromatic nitrogens is 2. The van der Waals surface area contributed by atoms with E-state index in [2.05, 4.69) is 15.5 Å². The summed E-state index contributed by atoms with van der Waals surface area (Å²) in [4.78, 5) is 12.2. The highest BCUT2D eigenvalue weighted by atomic mass is 32.2. The van der Waals surface area contributed by atoms with E-state index in [1.54, 1.807) is 7.11 Å². The van der Waals surface area contributed by atoms with Gasteiger partial charge in [0.15, 0.2) is 18.1 Å². The first-order valence-electron chi connectivity index (χ1n) is 9.21. The molecule has 0 aliphatic heterocycles. The minimum atomic E-state index is 0.0302. The van der Waals surface area contributed by atoms with Gasteiger partial charge in [-0.3, -0.25) is 4.79 Å². The maximum atomic E-state index is 12.2. The number of benzene rings is 1. The zero-order chi connectivity index (χ0) is 18.6. The van der Waals surface area contributed by atoms with Gasteiger partial charge in [-0.25, -0.2) is 0 Å². The molecule has 1 aromatic carbocycles. The smallest absolute Gasteiger partial charge is 0.277 e. The topological polar surface area (TPSA) is 86.5 Å². The zero-order valence-electron chi connectivity index (χ0n) is 15.2. The highest BCUT2D eigenvalue weighted by Crippen LogP contribution is 2.44. The molecule has 1 heterocycles. The van der Waals surface area contributed by atoms with Gasteiger partial charge in [-0.05, 0) is 43.2 Å². The van der Waals surface area contributed by atoms with Crippen LogP contribution in [-0.4, -0.2) is 35.0 Å². The summed E-state index contributed by atoms with van der Waals surface area (Å²) in [5.41, 5.74) is 0. The molecule has 1 aromatic heterocycles. The van der Waals surface area contributed by atoms with Crippen molar-refractivity contribution >= 4 is 17.7 Å². The van der Waals surface area contributed by atoms with Crippen molar-refractivity contribution in [1.82, 2.24) is 15.5 Å². The zero-order valence-corrected chi connectivity index (χ0v) is 16.0. The Hall–Kier alpha value is -2.22. The first-order valence-corrected chi connectivity index (χ1v) is 10.2. The molecule has 2 saturated carbocycles. The summed E-state index contributed by atoms with van der Waals surface area (Å²) >= 11 is 1.25. The Labute approximate surface area is 162 Å². The largest absolute Gasteiger partial charge is 0.493 e. The second-order valence-corrected chi connectivity index (χ2v) is 7.97. The standard InChI is InChI=1S/C19H23N3O4S/c1-24-15-4-2-3-5-16(15)25-10-18-21-22-19(26-18)27-11-17(23)20-14-9-12-6-7-13(14)8-12/h2-5,12-14H,6-11H2,1H3,(H,20,23)/t12-,13-,14-/m0/s1. The van der Waals surface area contributed by atoms with Crippen molar-refractivity contribution in [3.63, 3.8) is 0 Å². The van der Waals surface area contributed by atoms with Crippen LogP contribution in [-0.2, 0) is 11.4 Å². The molecule has 1 N–H and O–H groups in total. The molecule has 2 aliphatic carbocycles. The molecule has 2 aromatic rings. The lowest BCUT2D eigenvalue weighted by Crippen LogP contribution is -2.39. The second kappa shape index (κ2) is 8.21. The molecule has 0 unspecified atom stereocenters. The number of ether oxygens (including phenoxy) is 2. The van der Waals surface area contributed by atoms with Gasteiger partial charge in [0.25, 0.3) is 11.1 Å². The number of thioether (sulfide) groups is 1. The molecule has 27 heavy (non-hydrogen) atoms. The Morgan fingerprint density at radius 1 is 1.26 bits per heavy atom. The van der Waals surface area contributed by atoms with Gasteiger partial charge in [0, 0.05) is 6.04 Å². The van der Waals surface area contributed by atoms with Crippen LogP contribution in [0.2, 0.25) is 0 Å². The maximum Gasteiger partial charge on any atom is 0.277 e. The number of hydrogen-bond donors (Lipinski definition) is 1. The number of carbonyl (C=O) groups excluding carboxylic acids is 1. The van der Waals surface area contributed by atoms with E-state index >= 15 is 0 Å². The summed E-state index contributed by atoms with van der Waals surface area (Å²) in [5.74, 6) is 3.41. The third kappa shape index (κ3) is 4.37. The molecule has 1 amide bonds. The number of nitrogens with zero attached hydrogens (tertiary/aromatic N) is 2. The lowest BCUT2D eigenvalue weighted by Gasteiger charge is -2.22. The number of hydrogen-bond acceptors (Lipinski definition) is 7. The Balaban J connectivity index is 1.23. The van der Waals surface area contributed by atoms with Crippen LogP contribution in [0.3, 0.4) is 0 Å². The molecular formula is C19H23N3O4S. The summed E-state index contributed by atoms with van der Waals surface area (Å²) in [6, 6.07) is 7.71. The molecule has 7 nitrogen and oxygen atoms in total. The minimum absolute atomic E-state index is 0.0302. The van der Waals surface area contributed by atoms with Gasteiger partial charge in [0.05, 0.1) is 12.9 Å². The van der Waals surface area contributed by atoms with E-state index in [4.69, 9.17) is 13.9 Å². The van der Waals surface area contributed by atoms with Gasteiger partial charge < -0.3 is 19.2 Å². The van der Waals surface area contributed by atoms with Gasteiger partial charge in [-0.15, -0.1) is 10.2 Å². The van der Waals surface area contributed by atoms with Crippen molar-refractivity contribution in [2.24, 2.45) is 11.8 Å². The third-order valence-electron chi connectivity index (χ3n) is 5.28. The van der Waals surface area contributed by atoms with E-state index in [0.29, 0.717) is 34.6 Å². The van der Waals surface area contributed by atoms with Crippen LogP contribution in [0.4, 0.5) is 0 Å². The Bertz CT molecular complexity index is 797. The fourth-order valence-electron chi connectivity index (χ4n) is 4.03. The number of methoxy groups -OCH3 is 1. The summed E-state index contributed by atoms with van der Waals surface area (Å²) in [6.45, 7) is 0.144. The van der Waals surface area contributed by atoms with Gasteiger partial charge >= 0.3 is 0 Å². The average Bonchev–Trinajstić information content (AvgIpc) is 3.42. The second-order valence-electron chi connectivity index (χ2n) is 7.04. The first-order chi connectivity index (χ1) is 13.2. The molecule has 0 saturated heterocycles. The normalized spacial score (nSPS) is 23.4. The average molecular weight is 389 g/mol. The van der Waals surface area contributed by atoms with Crippen molar-refractivity contribution in [3.8, 4) is 11.5 Å². The van der Waals surface area contributed by atoms with Crippen molar-refractivity contribution in [2.75, 3.05) is 12.9 Å². The molecular weight excluding hydrogens is 366 g/mol. The number of nitrogens with one attached hydrogen (secondary N) is 1. The van der Waals surface area contributed by atoms with Gasteiger partial charge in [-0.2, -0.15) is 0 Å².